The van der Waals surface area contributed by atoms with Gasteiger partial charge in [-0.25, -0.2) is 0 Å². The molecule has 0 N–H and O–H groups in total. The molecule has 0 saturated carbocycles. The second-order valence-corrected chi connectivity index (χ2v) is 13.4. The molecular weight excluding hydrogens is 631 g/mol. The van der Waals surface area contributed by atoms with Crippen molar-refractivity contribution < 1.29 is 4.42 Å². The van der Waals surface area contributed by atoms with Crippen LogP contribution in [0.4, 0.5) is 17.1 Å². The standard InChI is InChI=1S/C50H33NO/c1-2-11-34(12-3-1)39-16-10-17-43(32-39)51(42-27-23-36(24-28-42)40-22-21-35-13-4-5-15-38(35)31-40)48-20-9-8-18-44(48)41-26-30-49-47(33-41)46-29-25-37-14-6-7-19-45(37)50(46)52-49/h1-33H. The maximum absolute atomic E-state index is 6.49. The van der Waals surface area contributed by atoms with Gasteiger partial charge in [-0.15, -0.1) is 0 Å². The highest BCUT2D eigenvalue weighted by Gasteiger charge is 2.19. The molecule has 1 aromatic heterocycles. The fourth-order valence-corrected chi connectivity index (χ4v) is 7.64. The molecule has 0 radical (unpaired) electrons. The number of benzene rings is 9. The minimum absolute atomic E-state index is 0.893. The lowest BCUT2D eigenvalue weighted by atomic mass is 9.98. The Labute approximate surface area is 302 Å². The van der Waals surface area contributed by atoms with Crippen molar-refractivity contribution in [2.24, 2.45) is 0 Å². The third-order valence-electron chi connectivity index (χ3n) is 10.2. The lowest BCUT2D eigenvalue weighted by Crippen LogP contribution is -2.11. The summed E-state index contributed by atoms with van der Waals surface area (Å²) in [6, 6.07) is 71.8. The van der Waals surface area contributed by atoms with E-state index in [2.05, 4.69) is 205 Å². The summed E-state index contributed by atoms with van der Waals surface area (Å²) in [7, 11) is 0. The third-order valence-corrected chi connectivity index (χ3v) is 10.2. The van der Waals surface area contributed by atoms with Gasteiger partial charge in [0.1, 0.15) is 11.2 Å². The Morgan fingerprint density at radius 3 is 1.87 bits per heavy atom. The van der Waals surface area contributed by atoms with Crippen LogP contribution in [0, 0.1) is 0 Å². The van der Waals surface area contributed by atoms with E-state index in [1.807, 2.05) is 0 Å². The Kier molecular flexibility index (Phi) is 7.18. The molecule has 0 atom stereocenters. The van der Waals surface area contributed by atoms with Crippen molar-refractivity contribution in [3.8, 4) is 33.4 Å². The molecule has 52 heavy (non-hydrogen) atoms. The maximum atomic E-state index is 6.49. The van der Waals surface area contributed by atoms with Gasteiger partial charge in [-0.05, 0) is 98.6 Å². The maximum Gasteiger partial charge on any atom is 0.143 e. The summed E-state index contributed by atoms with van der Waals surface area (Å²) in [6.07, 6.45) is 0. The molecule has 244 valence electrons. The lowest BCUT2D eigenvalue weighted by molar-refractivity contribution is 0.672. The van der Waals surface area contributed by atoms with Crippen molar-refractivity contribution in [3.63, 3.8) is 0 Å². The fraction of sp³-hybridized carbons (Fsp3) is 0. The van der Waals surface area contributed by atoms with Crippen LogP contribution in [-0.2, 0) is 0 Å². The fourth-order valence-electron chi connectivity index (χ4n) is 7.64. The van der Waals surface area contributed by atoms with Gasteiger partial charge in [0.05, 0.1) is 5.69 Å². The van der Waals surface area contributed by atoms with Crippen LogP contribution in [0.15, 0.2) is 205 Å². The van der Waals surface area contributed by atoms with E-state index in [1.165, 1.54) is 38.4 Å². The highest BCUT2D eigenvalue weighted by molar-refractivity contribution is 6.15. The molecule has 2 nitrogen and oxygen atoms in total. The minimum Gasteiger partial charge on any atom is -0.455 e. The summed E-state index contributed by atoms with van der Waals surface area (Å²) in [5.74, 6) is 0. The molecule has 10 aromatic rings. The molecular formula is C50H33NO. The number of hydrogen-bond donors (Lipinski definition) is 0. The van der Waals surface area contributed by atoms with E-state index >= 15 is 0 Å². The molecule has 2 heteroatoms. The van der Waals surface area contributed by atoms with E-state index in [4.69, 9.17) is 4.42 Å². The number of furan rings is 1. The van der Waals surface area contributed by atoms with Crippen molar-refractivity contribution in [1.82, 2.24) is 0 Å². The lowest BCUT2D eigenvalue weighted by Gasteiger charge is -2.28. The molecule has 0 unspecified atom stereocenters. The first kappa shape index (κ1) is 30.0. The van der Waals surface area contributed by atoms with E-state index < -0.39 is 0 Å². The van der Waals surface area contributed by atoms with E-state index in [9.17, 15) is 0 Å². The topological polar surface area (TPSA) is 16.4 Å². The van der Waals surface area contributed by atoms with Gasteiger partial charge in [-0.2, -0.15) is 0 Å². The van der Waals surface area contributed by atoms with Crippen LogP contribution < -0.4 is 4.90 Å². The molecule has 0 spiro atoms. The van der Waals surface area contributed by atoms with Crippen LogP contribution in [0.1, 0.15) is 0 Å². The van der Waals surface area contributed by atoms with E-state index in [0.717, 1.165) is 55.5 Å². The molecule has 9 aromatic carbocycles. The second-order valence-electron chi connectivity index (χ2n) is 13.4. The molecule has 0 aliphatic heterocycles. The quantitative estimate of drug-likeness (QED) is 0.176. The van der Waals surface area contributed by atoms with E-state index in [0.29, 0.717) is 0 Å². The average molecular weight is 664 g/mol. The number of nitrogens with zero attached hydrogens (tertiary/aromatic N) is 1. The Bertz CT molecular complexity index is 2900. The summed E-state index contributed by atoms with van der Waals surface area (Å²) in [5, 5.41) is 7.05. The largest absolute Gasteiger partial charge is 0.455 e. The van der Waals surface area contributed by atoms with Crippen LogP contribution in [-0.4, -0.2) is 0 Å². The Balaban J connectivity index is 1.13. The zero-order chi connectivity index (χ0) is 34.4. The number of rotatable bonds is 6. The van der Waals surface area contributed by atoms with Crippen molar-refractivity contribution in [3.05, 3.63) is 200 Å². The predicted molar refractivity (Wildman–Crippen MR) is 220 cm³/mol. The Morgan fingerprint density at radius 2 is 0.981 bits per heavy atom. The molecule has 0 saturated heterocycles. The van der Waals surface area contributed by atoms with Gasteiger partial charge in [0.25, 0.3) is 0 Å². The first-order valence-corrected chi connectivity index (χ1v) is 17.8. The second kappa shape index (κ2) is 12.5. The average Bonchev–Trinajstić information content (AvgIpc) is 3.60. The van der Waals surface area contributed by atoms with Crippen LogP contribution in [0.3, 0.4) is 0 Å². The van der Waals surface area contributed by atoms with Gasteiger partial charge in [-0.3, -0.25) is 0 Å². The summed E-state index contributed by atoms with van der Waals surface area (Å²) >= 11 is 0. The minimum atomic E-state index is 0.893. The zero-order valence-corrected chi connectivity index (χ0v) is 28.4. The first-order valence-electron chi connectivity index (χ1n) is 17.8. The van der Waals surface area contributed by atoms with Gasteiger partial charge in [0, 0.05) is 33.1 Å². The van der Waals surface area contributed by atoms with Gasteiger partial charge < -0.3 is 9.32 Å². The summed E-state index contributed by atoms with van der Waals surface area (Å²) in [5.41, 5.74) is 12.1. The SMILES string of the molecule is c1ccc(-c2cccc(N(c3ccc(-c4ccc5ccccc5c4)cc3)c3ccccc3-c3ccc4oc5c6ccccc6ccc5c4c3)c2)cc1. The molecule has 0 bridgehead atoms. The van der Waals surface area contributed by atoms with Crippen molar-refractivity contribution in [2.75, 3.05) is 4.90 Å². The van der Waals surface area contributed by atoms with Crippen LogP contribution in [0.2, 0.25) is 0 Å². The number of hydrogen-bond acceptors (Lipinski definition) is 2. The predicted octanol–water partition coefficient (Wildman–Crippen LogP) is 14.4. The van der Waals surface area contributed by atoms with Crippen molar-refractivity contribution in [2.45, 2.75) is 0 Å². The van der Waals surface area contributed by atoms with Crippen molar-refractivity contribution in [1.29, 1.82) is 0 Å². The normalized spacial score (nSPS) is 11.5. The van der Waals surface area contributed by atoms with Crippen LogP contribution in [0.5, 0.6) is 0 Å². The molecule has 0 amide bonds. The Hall–Kier alpha value is -6.90. The molecule has 10 rings (SSSR count). The first-order chi connectivity index (χ1) is 25.8. The highest BCUT2D eigenvalue weighted by Crippen LogP contribution is 2.44. The van der Waals surface area contributed by atoms with Gasteiger partial charge in [-0.1, -0.05) is 146 Å². The number of para-hydroxylation sites is 1. The molecule has 0 aliphatic rings. The monoisotopic (exact) mass is 663 g/mol. The number of anilines is 3. The van der Waals surface area contributed by atoms with Gasteiger partial charge in [0.15, 0.2) is 0 Å². The van der Waals surface area contributed by atoms with Gasteiger partial charge in [0.2, 0.25) is 0 Å². The van der Waals surface area contributed by atoms with Crippen LogP contribution >= 0.6 is 0 Å². The summed E-state index contributed by atoms with van der Waals surface area (Å²) < 4.78 is 6.49. The summed E-state index contributed by atoms with van der Waals surface area (Å²) in [4.78, 5) is 2.39. The molecule has 0 fully saturated rings. The zero-order valence-electron chi connectivity index (χ0n) is 28.4. The van der Waals surface area contributed by atoms with Crippen molar-refractivity contribution >= 4 is 60.5 Å². The van der Waals surface area contributed by atoms with E-state index in [1.54, 1.807) is 0 Å². The third kappa shape index (κ3) is 5.21. The molecule has 0 aliphatic carbocycles. The van der Waals surface area contributed by atoms with Gasteiger partial charge >= 0.3 is 0 Å². The summed E-state index contributed by atoms with van der Waals surface area (Å²) in [6.45, 7) is 0. The highest BCUT2D eigenvalue weighted by atomic mass is 16.3. The van der Waals surface area contributed by atoms with Crippen LogP contribution in [0.25, 0.3) is 76.9 Å². The number of fused-ring (bicyclic) bond motifs is 6. The smallest absolute Gasteiger partial charge is 0.143 e. The molecule has 1 heterocycles. The Morgan fingerprint density at radius 1 is 0.327 bits per heavy atom. The van der Waals surface area contributed by atoms with E-state index in [-0.39, 0.29) is 0 Å².